The van der Waals surface area contributed by atoms with Crippen molar-refractivity contribution in [2.24, 2.45) is 0 Å². The number of carbonyl (C=O) groups excluding carboxylic acids is 1. The number of hydrogen-bond acceptors (Lipinski definition) is 3. The zero-order valence-corrected chi connectivity index (χ0v) is 14.3. The quantitative estimate of drug-likeness (QED) is 0.463. The minimum Gasteiger partial charge on any atom is -0.300 e. The molecule has 0 fully saturated rings. The van der Waals surface area contributed by atoms with Crippen LogP contribution in [0.3, 0.4) is 0 Å². The van der Waals surface area contributed by atoms with Crippen molar-refractivity contribution in [3.63, 3.8) is 0 Å². The van der Waals surface area contributed by atoms with Gasteiger partial charge in [0, 0.05) is 12.8 Å². The van der Waals surface area contributed by atoms with E-state index in [-0.39, 0.29) is 0 Å². The summed E-state index contributed by atoms with van der Waals surface area (Å²) in [4.78, 5) is 14.9. The number of aromatic amines is 1. The van der Waals surface area contributed by atoms with E-state index in [1.165, 1.54) is 70.6 Å². The Labute approximate surface area is 135 Å². The van der Waals surface area contributed by atoms with E-state index in [9.17, 15) is 4.79 Å². The van der Waals surface area contributed by atoms with Crippen LogP contribution in [-0.4, -0.2) is 21.0 Å². The largest absolute Gasteiger partial charge is 0.300 e. The fourth-order valence-electron chi connectivity index (χ4n) is 2.79. The average molecular weight is 307 g/mol. The summed E-state index contributed by atoms with van der Waals surface area (Å²) >= 11 is 0. The third-order valence-electron chi connectivity index (χ3n) is 4.16. The highest BCUT2D eigenvalue weighted by Gasteiger charge is 1.97. The number of H-pyrrole nitrogens is 1. The summed E-state index contributed by atoms with van der Waals surface area (Å²) in [5, 5.41) is 6.77. The van der Waals surface area contributed by atoms with Crippen LogP contribution in [0.15, 0.2) is 6.33 Å². The van der Waals surface area contributed by atoms with Gasteiger partial charge in [0.25, 0.3) is 0 Å². The summed E-state index contributed by atoms with van der Waals surface area (Å²) in [7, 11) is 0. The van der Waals surface area contributed by atoms with Crippen molar-refractivity contribution in [2.45, 2.75) is 96.8 Å². The smallest absolute Gasteiger partial charge is 0.137 e. The second kappa shape index (κ2) is 13.5. The Morgan fingerprint density at radius 2 is 1.36 bits per heavy atom. The van der Waals surface area contributed by atoms with E-state index in [2.05, 4.69) is 15.2 Å². The van der Waals surface area contributed by atoms with E-state index < -0.39 is 0 Å². The van der Waals surface area contributed by atoms with Crippen molar-refractivity contribution in [1.82, 2.24) is 15.2 Å². The van der Waals surface area contributed by atoms with Gasteiger partial charge in [0.15, 0.2) is 0 Å². The van der Waals surface area contributed by atoms with Gasteiger partial charge < -0.3 is 4.79 Å². The average Bonchev–Trinajstić information content (AvgIpc) is 3.00. The Bertz CT molecular complexity index is 362. The molecule has 1 rings (SSSR count). The van der Waals surface area contributed by atoms with Gasteiger partial charge in [-0.3, -0.25) is 5.10 Å². The molecule has 0 aliphatic heterocycles. The van der Waals surface area contributed by atoms with Gasteiger partial charge in [-0.1, -0.05) is 64.2 Å². The summed E-state index contributed by atoms with van der Waals surface area (Å²) < 4.78 is 0. The molecule has 1 aromatic rings. The van der Waals surface area contributed by atoms with Crippen LogP contribution in [-0.2, 0) is 11.2 Å². The maximum Gasteiger partial charge on any atom is 0.137 e. The minimum atomic E-state index is 0.334. The molecule has 0 amide bonds. The van der Waals surface area contributed by atoms with Crippen molar-refractivity contribution < 1.29 is 4.79 Å². The van der Waals surface area contributed by atoms with Crippen molar-refractivity contribution in [3.8, 4) is 0 Å². The molecule has 0 aromatic carbocycles. The first kappa shape index (κ1) is 18.9. The molecule has 22 heavy (non-hydrogen) atoms. The van der Waals surface area contributed by atoms with Crippen LogP contribution in [0.25, 0.3) is 0 Å². The molecule has 0 aliphatic rings. The van der Waals surface area contributed by atoms with Crippen LogP contribution in [0.5, 0.6) is 0 Å². The predicted octanol–water partition coefficient (Wildman–Crippen LogP) is 5.01. The molecule has 0 bridgehead atoms. The lowest BCUT2D eigenvalue weighted by molar-refractivity contribution is -0.117. The Balaban J connectivity index is 1.70. The summed E-state index contributed by atoms with van der Waals surface area (Å²) in [6.45, 7) is 1.69. The molecule has 4 heteroatoms. The van der Waals surface area contributed by atoms with E-state index in [0.29, 0.717) is 5.78 Å². The maximum atomic E-state index is 10.8. The normalized spacial score (nSPS) is 11.0. The molecule has 1 heterocycles. The van der Waals surface area contributed by atoms with Gasteiger partial charge in [0.1, 0.15) is 17.9 Å². The third kappa shape index (κ3) is 11.5. The number of rotatable bonds is 15. The first-order valence-corrected chi connectivity index (χ1v) is 9.12. The Hall–Kier alpha value is -1.19. The molecule has 0 atom stereocenters. The minimum absolute atomic E-state index is 0.334. The van der Waals surface area contributed by atoms with Gasteiger partial charge in [-0.05, 0) is 19.8 Å². The lowest BCUT2D eigenvalue weighted by Gasteiger charge is -2.03. The first-order chi connectivity index (χ1) is 10.8. The van der Waals surface area contributed by atoms with Crippen LogP contribution in [0.2, 0.25) is 0 Å². The number of nitrogens with zero attached hydrogens (tertiary/aromatic N) is 2. The summed E-state index contributed by atoms with van der Waals surface area (Å²) in [5.74, 6) is 1.35. The van der Waals surface area contributed by atoms with Gasteiger partial charge in [-0.2, -0.15) is 5.10 Å². The second-order valence-corrected chi connectivity index (χ2v) is 6.38. The van der Waals surface area contributed by atoms with E-state index in [1.807, 2.05) is 0 Å². The van der Waals surface area contributed by atoms with Crippen LogP contribution in [0, 0.1) is 0 Å². The number of aromatic nitrogens is 3. The van der Waals surface area contributed by atoms with Crippen LogP contribution < -0.4 is 0 Å². The van der Waals surface area contributed by atoms with Gasteiger partial charge in [0.05, 0.1) is 0 Å². The molecular formula is C18H33N3O. The first-order valence-electron chi connectivity index (χ1n) is 9.12. The lowest BCUT2D eigenvalue weighted by atomic mass is 10.0. The Morgan fingerprint density at radius 1 is 0.864 bits per heavy atom. The number of hydrogen-bond donors (Lipinski definition) is 1. The zero-order valence-electron chi connectivity index (χ0n) is 14.3. The number of carbonyl (C=O) groups is 1. The molecule has 1 N–H and O–H groups in total. The van der Waals surface area contributed by atoms with E-state index >= 15 is 0 Å². The van der Waals surface area contributed by atoms with Crippen LogP contribution in [0.1, 0.15) is 96.2 Å². The molecule has 126 valence electrons. The number of ketones is 1. The highest BCUT2D eigenvalue weighted by Crippen LogP contribution is 2.13. The van der Waals surface area contributed by atoms with E-state index in [0.717, 1.165) is 25.1 Å². The summed E-state index contributed by atoms with van der Waals surface area (Å²) in [5.41, 5.74) is 0. The van der Waals surface area contributed by atoms with Crippen molar-refractivity contribution >= 4 is 5.78 Å². The predicted molar refractivity (Wildman–Crippen MR) is 90.8 cm³/mol. The Kier molecular flexibility index (Phi) is 11.5. The molecule has 0 unspecified atom stereocenters. The lowest BCUT2D eigenvalue weighted by Crippen LogP contribution is -1.89. The fraction of sp³-hybridized carbons (Fsp3) is 0.833. The van der Waals surface area contributed by atoms with Crippen LogP contribution >= 0.6 is 0 Å². The maximum absolute atomic E-state index is 10.8. The molecule has 4 nitrogen and oxygen atoms in total. The molecule has 0 spiro atoms. The SMILES string of the molecule is CC(=O)CCCCCCCCCCCCCCc1ncn[nH]1. The van der Waals surface area contributed by atoms with Crippen molar-refractivity contribution in [1.29, 1.82) is 0 Å². The third-order valence-corrected chi connectivity index (χ3v) is 4.16. The van der Waals surface area contributed by atoms with Crippen molar-refractivity contribution in [2.75, 3.05) is 0 Å². The molecule has 0 radical (unpaired) electrons. The number of unbranched alkanes of at least 4 members (excludes halogenated alkanes) is 11. The number of nitrogens with one attached hydrogen (secondary N) is 1. The molecule has 1 aromatic heterocycles. The second-order valence-electron chi connectivity index (χ2n) is 6.38. The van der Waals surface area contributed by atoms with Gasteiger partial charge >= 0.3 is 0 Å². The molecular weight excluding hydrogens is 274 g/mol. The van der Waals surface area contributed by atoms with Gasteiger partial charge in [-0.15, -0.1) is 0 Å². The standard InChI is InChI=1S/C18H33N3O/c1-17(22)14-12-10-8-6-4-2-3-5-7-9-11-13-15-18-19-16-20-21-18/h16H,2-15H2,1H3,(H,19,20,21). The van der Waals surface area contributed by atoms with Gasteiger partial charge in [-0.25, -0.2) is 4.98 Å². The molecule has 0 saturated carbocycles. The van der Waals surface area contributed by atoms with Gasteiger partial charge in [0.2, 0.25) is 0 Å². The molecule has 0 saturated heterocycles. The summed E-state index contributed by atoms with van der Waals surface area (Å²) in [6.07, 6.45) is 19.1. The van der Waals surface area contributed by atoms with E-state index in [4.69, 9.17) is 0 Å². The number of Topliss-reactive ketones (excluding diaryl/α,β-unsaturated/α-hetero) is 1. The molecule has 0 aliphatic carbocycles. The zero-order chi connectivity index (χ0) is 15.9. The highest BCUT2D eigenvalue weighted by molar-refractivity contribution is 5.75. The van der Waals surface area contributed by atoms with E-state index in [1.54, 1.807) is 13.3 Å². The highest BCUT2D eigenvalue weighted by atomic mass is 16.1. The van der Waals surface area contributed by atoms with Crippen LogP contribution in [0.4, 0.5) is 0 Å². The van der Waals surface area contributed by atoms with Crippen molar-refractivity contribution in [3.05, 3.63) is 12.2 Å². The monoisotopic (exact) mass is 307 g/mol. The summed E-state index contributed by atoms with van der Waals surface area (Å²) in [6, 6.07) is 0. The fourth-order valence-corrected chi connectivity index (χ4v) is 2.79. The number of aryl methyl sites for hydroxylation is 1. The Morgan fingerprint density at radius 3 is 1.82 bits per heavy atom. The topological polar surface area (TPSA) is 58.6 Å².